The van der Waals surface area contributed by atoms with E-state index in [4.69, 9.17) is 11.6 Å². The van der Waals surface area contributed by atoms with Crippen LogP contribution >= 0.6 is 11.6 Å². The van der Waals surface area contributed by atoms with Gasteiger partial charge in [-0.05, 0) is 36.8 Å². The van der Waals surface area contributed by atoms with Crippen molar-refractivity contribution in [3.8, 4) is 0 Å². The minimum absolute atomic E-state index is 0.186. The summed E-state index contributed by atoms with van der Waals surface area (Å²) in [6, 6.07) is 12.1. The van der Waals surface area contributed by atoms with Crippen molar-refractivity contribution >= 4 is 23.1 Å². The first-order valence-electron chi connectivity index (χ1n) is 6.21. The Morgan fingerprint density at radius 3 is 2.58 bits per heavy atom. The second-order valence-corrected chi connectivity index (χ2v) is 5.16. The number of benzene rings is 1. The van der Waals surface area contributed by atoms with Crippen molar-refractivity contribution in [1.29, 1.82) is 0 Å². The standard InChI is InChI=1S/C15H18ClN3/c1-11(12-5-4-6-13(16)9-12)18-14-7-8-15(17-10-14)19(2)3/h4-11,18H,1-3H3. The van der Waals surface area contributed by atoms with Gasteiger partial charge < -0.3 is 10.2 Å². The molecule has 0 fully saturated rings. The second kappa shape index (κ2) is 5.93. The second-order valence-electron chi connectivity index (χ2n) is 4.72. The third-order valence-corrected chi connectivity index (χ3v) is 3.17. The molecule has 3 nitrogen and oxygen atoms in total. The minimum atomic E-state index is 0.186. The maximum Gasteiger partial charge on any atom is 0.128 e. The highest BCUT2D eigenvalue weighted by molar-refractivity contribution is 6.30. The van der Waals surface area contributed by atoms with Gasteiger partial charge in [0.1, 0.15) is 5.82 Å². The number of hydrogen-bond donors (Lipinski definition) is 1. The van der Waals surface area contributed by atoms with Crippen molar-refractivity contribution in [3.05, 3.63) is 53.2 Å². The lowest BCUT2D eigenvalue weighted by atomic mass is 10.1. The minimum Gasteiger partial charge on any atom is -0.377 e. The van der Waals surface area contributed by atoms with Crippen molar-refractivity contribution in [2.45, 2.75) is 13.0 Å². The maximum atomic E-state index is 6.00. The third-order valence-electron chi connectivity index (χ3n) is 2.94. The number of halogens is 1. The molecule has 1 atom stereocenters. The molecular weight excluding hydrogens is 258 g/mol. The maximum absolute atomic E-state index is 6.00. The lowest BCUT2D eigenvalue weighted by Gasteiger charge is -2.17. The van der Waals surface area contributed by atoms with Crippen LogP contribution in [-0.4, -0.2) is 19.1 Å². The number of rotatable bonds is 4. The van der Waals surface area contributed by atoms with E-state index in [1.54, 1.807) is 0 Å². The molecule has 0 radical (unpaired) electrons. The highest BCUT2D eigenvalue weighted by Crippen LogP contribution is 2.22. The Morgan fingerprint density at radius 2 is 2.00 bits per heavy atom. The molecule has 2 rings (SSSR count). The molecule has 0 spiro atoms. The van der Waals surface area contributed by atoms with Gasteiger partial charge in [-0.3, -0.25) is 0 Å². The molecule has 0 saturated carbocycles. The summed E-state index contributed by atoms with van der Waals surface area (Å²) in [5.41, 5.74) is 2.15. The molecule has 4 heteroatoms. The van der Waals surface area contributed by atoms with E-state index in [2.05, 4.69) is 23.3 Å². The summed E-state index contributed by atoms with van der Waals surface area (Å²) < 4.78 is 0. The van der Waals surface area contributed by atoms with E-state index in [1.165, 1.54) is 0 Å². The first kappa shape index (κ1) is 13.7. The summed E-state index contributed by atoms with van der Waals surface area (Å²) in [6.45, 7) is 2.10. The van der Waals surface area contributed by atoms with Crippen molar-refractivity contribution in [2.24, 2.45) is 0 Å². The molecule has 0 aliphatic heterocycles. The molecular formula is C15H18ClN3. The van der Waals surface area contributed by atoms with Gasteiger partial charge in [0.05, 0.1) is 11.9 Å². The summed E-state index contributed by atoms with van der Waals surface area (Å²) in [7, 11) is 3.95. The van der Waals surface area contributed by atoms with Crippen LogP contribution in [0.5, 0.6) is 0 Å². The number of pyridine rings is 1. The molecule has 1 aromatic carbocycles. The molecule has 0 aliphatic rings. The summed E-state index contributed by atoms with van der Waals surface area (Å²) in [6.07, 6.45) is 1.84. The molecule has 19 heavy (non-hydrogen) atoms. The monoisotopic (exact) mass is 275 g/mol. The topological polar surface area (TPSA) is 28.2 Å². The quantitative estimate of drug-likeness (QED) is 0.915. The van der Waals surface area contributed by atoms with E-state index in [0.29, 0.717) is 0 Å². The fourth-order valence-corrected chi connectivity index (χ4v) is 2.04. The van der Waals surface area contributed by atoms with Gasteiger partial charge in [0.2, 0.25) is 0 Å². The highest BCUT2D eigenvalue weighted by Gasteiger charge is 2.06. The van der Waals surface area contributed by atoms with Gasteiger partial charge in [0.15, 0.2) is 0 Å². The van der Waals surface area contributed by atoms with Crippen LogP contribution in [-0.2, 0) is 0 Å². The SMILES string of the molecule is CC(Nc1ccc(N(C)C)nc1)c1cccc(Cl)c1. The average Bonchev–Trinajstić information content (AvgIpc) is 2.39. The number of aromatic nitrogens is 1. The van der Waals surface area contributed by atoms with Crippen molar-refractivity contribution in [3.63, 3.8) is 0 Å². The molecule has 100 valence electrons. The van der Waals surface area contributed by atoms with Gasteiger partial charge >= 0.3 is 0 Å². The summed E-state index contributed by atoms with van der Waals surface area (Å²) >= 11 is 6.00. The van der Waals surface area contributed by atoms with Crippen molar-refractivity contribution in [2.75, 3.05) is 24.3 Å². The molecule has 0 bridgehead atoms. The average molecular weight is 276 g/mol. The van der Waals surface area contributed by atoms with E-state index >= 15 is 0 Å². The van der Waals surface area contributed by atoms with Crippen LogP contribution in [0.15, 0.2) is 42.6 Å². The first-order chi connectivity index (χ1) is 9.06. The Kier molecular flexibility index (Phi) is 4.27. The largest absolute Gasteiger partial charge is 0.377 e. The summed E-state index contributed by atoms with van der Waals surface area (Å²) in [4.78, 5) is 6.36. The van der Waals surface area contributed by atoms with E-state index in [0.717, 1.165) is 22.1 Å². The zero-order chi connectivity index (χ0) is 13.8. The van der Waals surface area contributed by atoms with Crippen LogP contribution in [0.3, 0.4) is 0 Å². The zero-order valence-corrected chi connectivity index (χ0v) is 12.1. The van der Waals surface area contributed by atoms with Crippen molar-refractivity contribution < 1.29 is 0 Å². The fraction of sp³-hybridized carbons (Fsp3) is 0.267. The Labute approximate surface area is 119 Å². The number of hydrogen-bond acceptors (Lipinski definition) is 3. The molecule has 2 aromatic rings. The van der Waals surface area contributed by atoms with Crippen LogP contribution in [0, 0.1) is 0 Å². The molecule has 0 amide bonds. The highest BCUT2D eigenvalue weighted by atomic mass is 35.5. The Hall–Kier alpha value is -1.74. The lowest BCUT2D eigenvalue weighted by Crippen LogP contribution is -2.11. The summed E-state index contributed by atoms with van der Waals surface area (Å²) in [5.74, 6) is 0.945. The van der Waals surface area contributed by atoms with Crippen LogP contribution in [0.1, 0.15) is 18.5 Å². The number of nitrogens with zero attached hydrogens (tertiary/aromatic N) is 2. The van der Waals surface area contributed by atoms with E-state index in [9.17, 15) is 0 Å². The van der Waals surface area contributed by atoms with Crippen molar-refractivity contribution in [1.82, 2.24) is 4.98 Å². The summed E-state index contributed by atoms with van der Waals surface area (Å²) in [5, 5.41) is 4.17. The van der Waals surface area contributed by atoms with Crippen LogP contribution in [0.2, 0.25) is 5.02 Å². The molecule has 0 saturated heterocycles. The van der Waals surface area contributed by atoms with E-state index in [-0.39, 0.29) is 6.04 Å². The van der Waals surface area contributed by atoms with E-state index in [1.807, 2.05) is 55.5 Å². The molecule has 1 unspecified atom stereocenters. The predicted octanol–water partition coefficient (Wildman–Crippen LogP) is 3.97. The fourth-order valence-electron chi connectivity index (χ4n) is 1.85. The number of nitrogens with one attached hydrogen (secondary N) is 1. The Balaban J connectivity index is 2.08. The third kappa shape index (κ3) is 3.61. The van der Waals surface area contributed by atoms with Gasteiger partial charge in [-0.25, -0.2) is 4.98 Å². The van der Waals surface area contributed by atoms with Gasteiger partial charge in [-0.15, -0.1) is 0 Å². The Morgan fingerprint density at radius 1 is 1.21 bits per heavy atom. The normalized spacial score (nSPS) is 12.0. The molecule has 1 N–H and O–H groups in total. The van der Waals surface area contributed by atoms with Gasteiger partial charge in [-0.2, -0.15) is 0 Å². The molecule has 1 heterocycles. The predicted molar refractivity (Wildman–Crippen MR) is 82.1 cm³/mol. The molecule has 1 aromatic heterocycles. The van der Waals surface area contributed by atoms with Gasteiger partial charge in [0, 0.05) is 25.2 Å². The smallest absolute Gasteiger partial charge is 0.128 e. The zero-order valence-electron chi connectivity index (χ0n) is 11.4. The van der Waals surface area contributed by atoms with Gasteiger partial charge in [0.25, 0.3) is 0 Å². The molecule has 0 aliphatic carbocycles. The Bertz CT molecular complexity index is 537. The van der Waals surface area contributed by atoms with Crippen LogP contribution < -0.4 is 10.2 Å². The van der Waals surface area contributed by atoms with Gasteiger partial charge in [-0.1, -0.05) is 23.7 Å². The van der Waals surface area contributed by atoms with E-state index < -0.39 is 0 Å². The number of anilines is 2. The lowest BCUT2D eigenvalue weighted by molar-refractivity contribution is 0.882. The van der Waals surface area contributed by atoms with Crippen LogP contribution in [0.4, 0.5) is 11.5 Å². The van der Waals surface area contributed by atoms with Crippen LogP contribution in [0.25, 0.3) is 0 Å². The first-order valence-corrected chi connectivity index (χ1v) is 6.59.